The van der Waals surface area contributed by atoms with Gasteiger partial charge in [0, 0.05) is 44.5 Å². The Kier molecular flexibility index (Phi) is 7.42. The minimum absolute atomic E-state index is 0.195. The van der Waals surface area contributed by atoms with Crippen molar-refractivity contribution in [1.29, 1.82) is 0 Å². The maximum atomic E-state index is 13.0. The molecule has 2 atom stereocenters. The van der Waals surface area contributed by atoms with Crippen LogP contribution in [0, 0.1) is 5.92 Å². The Morgan fingerprint density at radius 2 is 1.54 bits per heavy atom. The number of carbonyl (C=O) groups is 2. The van der Waals surface area contributed by atoms with Gasteiger partial charge in [-0.1, -0.05) is 34.8 Å². The maximum absolute atomic E-state index is 13.0. The smallest absolute Gasteiger partial charge is 0.257 e. The first kappa shape index (κ1) is 26.3. The minimum Gasteiger partial charge on any atom is -0.326 e. The van der Waals surface area contributed by atoms with Gasteiger partial charge in [0.15, 0.2) is 0 Å². The molecule has 188 valence electrons. The van der Waals surface area contributed by atoms with Crippen molar-refractivity contribution in [2.45, 2.75) is 10.3 Å². The molecule has 3 aromatic carbocycles. The van der Waals surface area contributed by atoms with Crippen LogP contribution in [0.1, 0.15) is 21.8 Å². The second-order valence-corrected chi connectivity index (χ2v) is 12.0. The minimum atomic E-state index is -1.32. The zero-order chi connectivity index (χ0) is 26.3. The van der Waals surface area contributed by atoms with Crippen LogP contribution in [0.3, 0.4) is 0 Å². The van der Waals surface area contributed by atoms with E-state index in [2.05, 4.69) is 15.6 Å². The zero-order valence-corrected chi connectivity index (χ0v) is 23.2. The van der Waals surface area contributed by atoms with E-state index >= 15 is 0 Å². The Labute approximate surface area is 241 Å². The second kappa shape index (κ2) is 10.4. The molecular formula is C26H16Cl5N3O2S. The number of hydrogen-bond donors (Lipinski definition) is 2. The lowest BCUT2D eigenvalue weighted by atomic mass is 10.1. The number of carbonyl (C=O) groups excluding carboxylic acids is 2. The molecule has 0 spiro atoms. The normalized spacial score (nSPS) is 17.8. The van der Waals surface area contributed by atoms with Crippen molar-refractivity contribution >= 4 is 92.5 Å². The number of nitrogens with zero attached hydrogens (tertiary/aromatic N) is 1. The van der Waals surface area contributed by atoms with E-state index in [1.54, 1.807) is 42.6 Å². The summed E-state index contributed by atoms with van der Waals surface area (Å²) in [6.07, 6.45) is 1.74. The molecule has 0 unspecified atom stereocenters. The van der Waals surface area contributed by atoms with Crippen LogP contribution in [-0.4, -0.2) is 21.1 Å². The van der Waals surface area contributed by atoms with E-state index in [9.17, 15) is 9.59 Å². The molecule has 1 aromatic heterocycles. The summed E-state index contributed by atoms with van der Waals surface area (Å²) in [5.74, 6) is -2.06. The van der Waals surface area contributed by atoms with Gasteiger partial charge < -0.3 is 10.6 Å². The highest BCUT2D eigenvalue weighted by Gasteiger charge is 2.67. The van der Waals surface area contributed by atoms with E-state index in [4.69, 9.17) is 58.0 Å². The average molecular weight is 612 g/mol. The summed E-state index contributed by atoms with van der Waals surface area (Å²) in [7, 11) is 0. The Morgan fingerprint density at radius 3 is 2.19 bits per heavy atom. The lowest BCUT2D eigenvalue weighted by Gasteiger charge is -2.11. The molecule has 5 rings (SSSR count). The van der Waals surface area contributed by atoms with Crippen LogP contribution >= 0.6 is 69.3 Å². The molecule has 1 saturated carbocycles. The predicted octanol–water partition coefficient (Wildman–Crippen LogP) is 8.55. The number of hydrogen-bond acceptors (Lipinski definition) is 4. The summed E-state index contributed by atoms with van der Waals surface area (Å²) in [6.45, 7) is 0. The van der Waals surface area contributed by atoms with Gasteiger partial charge in [-0.05, 0) is 66.2 Å². The van der Waals surface area contributed by atoms with Crippen LogP contribution in [0.5, 0.6) is 0 Å². The summed E-state index contributed by atoms with van der Waals surface area (Å²) in [5.41, 5.74) is 2.77. The number of halogens is 5. The molecule has 1 heterocycles. The number of amides is 2. The van der Waals surface area contributed by atoms with Crippen molar-refractivity contribution in [1.82, 2.24) is 4.98 Å². The Morgan fingerprint density at radius 1 is 0.865 bits per heavy atom. The van der Waals surface area contributed by atoms with Gasteiger partial charge in [-0.25, -0.2) is 4.98 Å². The van der Waals surface area contributed by atoms with Gasteiger partial charge in [0.05, 0.1) is 16.5 Å². The van der Waals surface area contributed by atoms with Crippen LogP contribution in [0.25, 0.3) is 10.6 Å². The quantitative estimate of drug-likeness (QED) is 0.215. The Bertz CT molecular complexity index is 1470. The highest BCUT2D eigenvalue weighted by Crippen LogP contribution is 2.65. The summed E-state index contributed by atoms with van der Waals surface area (Å²) in [5, 5.41) is 9.46. The number of alkyl halides is 2. The largest absolute Gasteiger partial charge is 0.326 e. The van der Waals surface area contributed by atoms with Crippen molar-refractivity contribution in [3.63, 3.8) is 0 Å². The van der Waals surface area contributed by atoms with Gasteiger partial charge >= 0.3 is 0 Å². The summed E-state index contributed by atoms with van der Waals surface area (Å²) < 4.78 is -1.32. The molecular weight excluding hydrogens is 596 g/mol. The fourth-order valence-electron chi connectivity index (χ4n) is 4.08. The molecule has 0 radical (unpaired) electrons. The van der Waals surface area contributed by atoms with Gasteiger partial charge in [-0.2, -0.15) is 0 Å². The molecule has 1 aliphatic rings. The van der Waals surface area contributed by atoms with Gasteiger partial charge in [0.2, 0.25) is 5.91 Å². The van der Waals surface area contributed by atoms with E-state index in [0.29, 0.717) is 27.0 Å². The number of rotatable bonds is 6. The van der Waals surface area contributed by atoms with Crippen molar-refractivity contribution in [3.8, 4) is 10.6 Å². The topological polar surface area (TPSA) is 71.1 Å². The third-order valence-electron chi connectivity index (χ3n) is 5.88. The van der Waals surface area contributed by atoms with Crippen molar-refractivity contribution in [2.75, 3.05) is 10.6 Å². The first-order chi connectivity index (χ1) is 17.6. The SMILES string of the molecule is O=C(Nc1ccc(-c2nccs2)cc1)c1cc(NC(=O)[C@H]2[C@H](c3cc(Cl)cc(Cl)c3)C2(Cl)Cl)ccc1Cl. The summed E-state index contributed by atoms with van der Waals surface area (Å²) in [6, 6.07) is 16.9. The number of aromatic nitrogens is 1. The number of benzene rings is 3. The molecule has 1 aliphatic carbocycles. The van der Waals surface area contributed by atoms with Gasteiger partial charge in [0.25, 0.3) is 5.91 Å². The van der Waals surface area contributed by atoms with Crippen LogP contribution in [-0.2, 0) is 4.79 Å². The third kappa shape index (κ3) is 5.60. The Hall–Kier alpha value is -2.32. The second-order valence-electron chi connectivity index (χ2n) is 8.39. The van der Waals surface area contributed by atoms with Crippen LogP contribution in [0.4, 0.5) is 11.4 Å². The molecule has 0 aliphatic heterocycles. The summed E-state index contributed by atoms with van der Waals surface area (Å²) in [4.78, 5) is 30.3. The van der Waals surface area contributed by atoms with E-state index in [-0.39, 0.29) is 10.6 Å². The lowest BCUT2D eigenvalue weighted by Crippen LogP contribution is -2.18. The number of thiazole rings is 1. The van der Waals surface area contributed by atoms with Crippen molar-refractivity contribution < 1.29 is 9.59 Å². The van der Waals surface area contributed by atoms with Crippen LogP contribution in [0.2, 0.25) is 15.1 Å². The molecule has 0 bridgehead atoms. The predicted molar refractivity (Wildman–Crippen MR) is 153 cm³/mol. The lowest BCUT2D eigenvalue weighted by molar-refractivity contribution is -0.117. The highest BCUT2D eigenvalue weighted by molar-refractivity contribution is 7.13. The highest BCUT2D eigenvalue weighted by atomic mass is 35.5. The Balaban J connectivity index is 1.29. The van der Waals surface area contributed by atoms with Gasteiger partial charge in [0.1, 0.15) is 9.34 Å². The van der Waals surface area contributed by atoms with Crippen LogP contribution < -0.4 is 10.6 Å². The molecule has 5 nitrogen and oxygen atoms in total. The summed E-state index contributed by atoms with van der Waals surface area (Å²) >= 11 is 32.9. The van der Waals surface area contributed by atoms with Gasteiger partial charge in [-0.3, -0.25) is 9.59 Å². The third-order valence-corrected chi connectivity index (χ3v) is 8.41. The average Bonchev–Trinajstić information content (AvgIpc) is 3.16. The van der Waals surface area contributed by atoms with E-state index in [1.165, 1.54) is 23.5 Å². The fourth-order valence-corrected chi connectivity index (χ4v) is 6.30. The number of anilines is 2. The van der Waals surface area contributed by atoms with E-state index in [0.717, 1.165) is 10.6 Å². The van der Waals surface area contributed by atoms with Crippen molar-refractivity contribution in [3.05, 3.63) is 98.4 Å². The fraction of sp³-hybridized carbons (Fsp3) is 0.115. The molecule has 11 heteroatoms. The molecule has 37 heavy (non-hydrogen) atoms. The monoisotopic (exact) mass is 609 g/mol. The zero-order valence-electron chi connectivity index (χ0n) is 18.6. The first-order valence-electron chi connectivity index (χ1n) is 10.9. The molecule has 1 fully saturated rings. The van der Waals surface area contributed by atoms with Crippen LogP contribution in [0.15, 0.2) is 72.2 Å². The first-order valence-corrected chi connectivity index (χ1v) is 13.7. The van der Waals surface area contributed by atoms with Crippen molar-refractivity contribution in [2.24, 2.45) is 5.92 Å². The number of nitrogens with one attached hydrogen (secondary N) is 2. The molecule has 0 saturated heterocycles. The molecule has 4 aromatic rings. The molecule has 2 amide bonds. The molecule has 2 N–H and O–H groups in total. The van der Waals surface area contributed by atoms with E-state index in [1.807, 2.05) is 17.5 Å². The van der Waals surface area contributed by atoms with Gasteiger partial charge in [-0.15, -0.1) is 34.5 Å². The van der Waals surface area contributed by atoms with E-state index < -0.39 is 28.0 Å². The standard InChI is InChI=1S/C26H16Cl5N3O2S/c27-15-9-14(10-16(28)11-15)21-22(26(21,30)31)24(36)34-18-5-6-20(29)19(12-18)23(35)33-17-3-1-13(2-4-17)25-32-7-8-37-25/h1-12,21-22H,(H,33,35)(H,34,36)/t21-,22+/m0/s1. The maximum Gasteiger partial charge on any atom is 0.257 e.